The van der Waals surface area contributed by atoms with Crippen molar-refractivity contribution < 1.29 is 13.2 Å². The second-order valence-electron chi connectivity index (χ2n) is 6.79. The van der Waals surface area contributed by atoms with Gasteiger partial charge in [-0.1, -0.05) is 24.3 Å². The topological polar surface area (TPSA) is 97.2 Å². The van der Waals surface area contributed by atoms with Crippen molar-refractivity contribution in [2.45, 2.75) is 48.0 Å². The van der Waals surface area contributed by atoms with Gasteiger partial charge in [0.05, 0.1) is 10.1 Å². The molecule has 1 amide bonds. The van der Waals surface area contributed by atoms with E-state index in [0.29, 0.717) is 30.5 Å². The fourth-order valence-corrected chi connectivity index (χ4v) is 5.37. The Labute approximate surface area is 175 Å². The number of benzene rings is 1. The third-order valence-electron chi connectivity index (χ3n) is 4.63. The normalized spacial score (nSPS) is 16.3. The van der Waals surface area contributed by atoms with Crippen LogP contribution < -0.4 is 5.32 Å². The minimum absolute atomic E-state index is 0.199. The van der Waals surface area contributed by atoms with E-state index >= 15 is 0 Å². The van der Waals surface area contributed by atoms with Gasteiger partial charge in [0.15, 0.2) is 5.16 Å². The Morgan fingerprint density at radius 3 is 2.62 bits per heavy atom. The van der Waals surface area contributed by atoms with E-state index in [2.05, 4.69) is 22.1 Å². The zero-order valence-electron chi connectivity index (χ0n) is 16.3. The van der Waals surface area contributed by atoms with Crippen molar-refractivity contribution in [3.63, 3.8) is 0 Å². The van der Waals surface area contributed by atoms with E-state index in [4.69, 9.17) is 0 Å². The van der Waals surface area contributed by atoms with Gasteiger partial charge in [0.1, 0.15) is 6.33 Å². The molecule has 3 rings (SSSR count). The average Bonchev–Trinajstić information content (AvgIpc) is 3.16. The molecular formula is C19H25N5O3S2. The molecule has 1 aliphatic rings. The number of piperidine rings is 1. The lowest BCUT2D eigenvalue weighted by Gasteiger charge is -2.25. The molecule has 10 heteroatoms. The molecule has 1 fully saturated rings. The highest BCUT2D eigenvalue weighted by atomic mass is 32.2. The van der Waals surface area contributed by atoms with Gasteiger partial charge in [-0.25, -0.2) is 8.42 Å². The van der Waals surface area contributed by atoms with E-state index in [1.807, 2.05) is 4.57 Å². The molecular weight excluding hydrogens is 410 g/mol. The van der Waals surface area contributed by atoms with E-state index in [-0.39, 0.29) is 10.8 Å². The quantitative estimate of drug-likeness (QED) is 0.506. The van der Waals surface area contributed by atoms with Crippen molar-refractivity contribution in [3.05, 3.63) is 43.2 Å². The molecule has 8 nitrogen and oxygen atoms in total. The molecule has 1 saturated heterocycles. The highest BCUT2D eigenvalue weighted by Crippen LogP contribution is 2.24. The standard InChI is InChI=1S/C19H25N5O3S2/c1-3-11-23-14-20-22-19(23)28-15(2)18(25)21-16-7-9-17(10-8-16)29(26,27)24-12-5-4-6-13-24/h3,7-10,14-15H,1,4-6,11-13H2,2H3,(H,21,25). The lowest BCUT2D eigenvalue weighted by atomic mass is 10.2. The molecule has 29 heavy (non-hydrogen) atoms. The number of carbonyl (C=O) groups excluding carboxylic acids is 1. The van der Waals surface area contributed by atoms with Gasteiger partial charge < -0.3 is 9.88 Å². The Kier molecular flexibility index (Phi) is 7.09. The first kappa shape index (κ1) is 21.5. The van der Waals surface area contributed by atoms with Crippen LogP contribution in [0.5, 0.6) is 0 Å². The summed E-state index contributed by atoms with van der Waals surface area (Å²) in [5.41, 5.74) is 0.549. The predicted octanol–water partition coefficient (Wildman–Crippen LogP) is 2.76. The summed E-state index contributed by atoms with van der Waals surface area (Å²) >= 11 is 1.30. The molecule has 1 unspecified atom stereocenters. The largest absolute Gasteiger partial charge is 0.325 e. The molecule has 2 aromatic rings. The first-order valence-electron chi connectivity index (χ1n) is 9.48. The molecule has 0 radical (unpaired) electrons. The van der Waals surface area contributed by atoms with E-state index < -0.39 is 15.3 Å². The van der Waals surface area contributed by atoms with Crippen LogP contribution in [0, 0.1) is 0 Å². The molecule has 0 aliphatic carbocycles. The lowest BCUT2D eigenvalue weighted by molar-refractivity contribution is -0.115. The Hall–Kier alpha value is -2.17. The van der Waals surface area contributed by atoms with Crippen LogP contribution in [0.2, 0.25) is 0 Å². The van der Waals surface area contributed by atoms with E-state index in [9.17, 15) is 13.2 Å². The van der Waals surface area contributed by atoms with Gasteiger partial charge in [-0.05, 0) is 44.0 Å². The van der Waals surface area contributed by atoms with Crippen LogP contribution in [0.1, 0.15) is 26.2 Å². The van der Waals surface area contributed by atoms with Crippen molar-refractivity contribution in [2.24, 2.45) is 0 Å². The van der Waals surface area contributed by atoms with Crippen molar-refractivity contribution >= 4 is 33.4 Å². The molecule has 0 spiro atoms. The van der Waals surface area contributed by atoms with Crippen LogP contribution in [-0.4, -0.2) is 51.7 Å². The van der Waals surface area contributed by atoms with Crippen LogP contribution >= 0.6 is 11.8 Å². The van der Waals surface area contributed by atoms with Crippen LogP contribution in [0.15, 0.2) is 53.3 Å². The summed E-state index contributed by atoms with van der Waals surface area (Å²) in [5, 5.41) is 10.9. The number of amides is 1. The SMILES string of the molecule is C=CCn1cnnc1SC(C)C(=O)Nc1ccc(S(=O)(=O)N2CCCCC2)cc1. The highest BCUT2D eigenvalue weighted by Gasteiger charge is 2.26. The summed E-state index contributed by atoms with van der Waals surface area (Å²) in [4.78, 5) is 12.7. The summed E-state index contributed by atoms with van der Waals surface area (Å²) in [7, 11) is -3.48. The summed E-state index contributed by atoms with van der Waals surface area (Å²) in [6.45, 7) is 7.16. The van der Waals surface area contributed by atoms with Gasteiger partial charge in [0.25, 0.3) is 0 Å². The van der Waals surface area contributed by atoms with Crippen LogP contribution in [0.25, 0.3) is 0 Å². The van der Waals surface area contributed by atoms with Gasteiger partial charge in [-0.3, -0.25) is 4.79 Å². The van der Waals surface area contributed by atoms with Gasteiger partial charge in [0, 0.05) is 25.3 Å². The molecule has 1 aliphatic heterocycles. The number of sulfonamides is 1. The number of thioether (sulfide) groups is 1. The van der Waals surface area contributed by atoms with Crippen LogP contribution in [0.3, 0.4) is 0 Å². The Bertz CT molecular complexity index is 950. The zero-order chi connectivity index (χ0) is 20.9. The number of nitrogens with zero attached hydrogens (tertiary/aromatic N) is 4. The van der Waals surface area contributed by atoms with Crippen molar-refractivity contribution in [2.75, 3.05) is 18.4 Å². The monoisotopic (exact) mass is 435 g/mol. The first-order valence-corrected chi connectivity index (χ1v) is 11.8. The summed E-state index contributed by atoms with van der Waals surface area (Å²) < 4.78 is 28.7. The number of rotatable bonds is 8. The Morgan fingerprint density at radius 1 is 1.28 bits per heavy atom. The fourth-order valence-electron chi connectivity index (χ4n) is 3.02. The number of hydrogen-bond donors (Lipinski definition) is 1. The Morgan fingerprint density at radius 2 is 1.97 bits per heavy atom. The molecule has 1 aromatic heterocycles. The smallest absolute Gasteiger partial charge is 0.243 e. The predicted molar refractivity (Wildman–Crippen MR) is 113 cm³/mol. The fraction of sp³-hybridized carbons (Fsp3) is 0.421. The van der Waals surface area contributed by atoms with Crippen molar-refractivity contribution in [3.8, 4) is 0 Å². The molecule has 1 atom stereocenters. The van der Waals surface area contributed by atoms with Crippen molar-refractivity contribution in [1.82, 2.24) is 19.1 Å². The Balaban J connectivity index is 1.62. The van der Waals surface area contributed by atoms with E-state index in [0.717, 1.165) is 19.3 Å². The zero-order valence-corrected chi connectivity index (χ0v) is 18.0. The number of carbonyl (C=O) groups is 1. The van der Waals surface area contributed by atoms with Crippen LogP contribution in [0.4, 0.5) is 5.69 Å². The third-order valence-corrected chi connectivity index (χ3v) is 7.64. The molecule has 0 bridgehead atoms. The maximum absolute atomic E-state index is 12.7. The summed E-state index contributed by atoms with van der Waals surface area (Å²) in [5.74, 6) is -0.199. The third kappa shape index (κ3) is 5.26. The summed E-state index contributed by atoms with van der Waals surface area (Å²) in [6, 6.07) is 6.31. The maximum Gasteiger partial charge on any atom is 0.243 e. The van der Waals surface area contributed by atoms with Gasteiger partial charge in [-0.15, -0.1) is 16.8 Å². The minimum Gasteiger partial charge on any atom is -0.325 e. The molecule has 1 aromatic carbocycles. The molecule has 2 heterocycles. The number of nitrogens with one attached hydrogen (secondary N) is 1. The number of hydrogen-bond acceptors (Lipinski definition) is 6. The minimum atomic E-state index is -3.48. The molecule has 1 N–H and O–H groups in total. The number of anilines is 1. The second kappa shape index (κ2) is 9.55. The maximum atomic E-state index is 12.7. The first-order chi connectivity index (χ1) is 13.9. The van der Waals surface area contributed by atoms with Gasteiger partial charge >= 0.3 is 0 Å². The highest BCUT2D eigenvalue weighted by molar-refractivity contribution is 8.00. The summed E-state index contributed by atoms with van der Waals surface area (Å²) in [6.07, 6.45) is 6.18. The lowest BCUT2D eigenvalue weighted by Crippen LogP contribution is -2.35. The molecule has 156 valence electrons. The van der Waals surface area contributed by atoms with E-state index in [1.54, 1.807) is 31.5 Å². The van der Waals surface area contributed by atoms with Crippen LogP contribution in [-0.2, 0) is 21.4 Å². The number of aromatic nitrogens is 3. The average molecular weight is 436 g/mol. The molecule has 0 saturated carbocycles. The van der Waals surface area contributed by atoms with E-state index in [1.165, 1.54) is 28.2 Å². The van der Waals surface area contributed by atoms with Gasteiger partial charge in [-0.2, -0.15) is 4.31 Å². The second-order valence-corrected chi connectivity index (χ2v) is 10.0. The van der Waals surface area contributed by atoms with Gasteiger partial charge in [0.2, 0.25) is 15.9 Å². The number of allylic oxidation sites excluding steroid dienone is 1. The van der Waals surface area contributed by atoms with Crippen molar-refractivity contribution in [1.29, 1.82) is 0 Å².